The molecular formula is C12H9BrClNO. The average Bonchev–Trinajstić information content (AvgIpc) is 2.66. The smallest absolute Gasteiger partial charge is 0.169 e. The van der Waals surface area contributed by atoms with Gasteiger partial charge in [-0.3, -0.25) is 4.99 Å². The molecule has 0 saturated carbocycles. The Morgan fingerprint density at radius 1 is 1.31 bits per heavy atom. The molecule has 0 aliphatic rings. The highest BCUT2D eigenvalue weighted by Crippen LogP contribution is 2.23. The number of furan rings is 1. The summed E-state index contributed by atoms with van der Waals surface area (Å²) in [7, 11) is 0. The molecule has 0 bridgehead atoms. The second-order valence-corrected chi connectivity index (χ2v) is 4.55. The maximum atomic E-state index is 5.90. The molecule has 2 nitrogen and oxygen atoms in total. The van der Waals surface area contributed by atoms with E-state index < -0.39 is 0 Å². The molecule has 0 aliphatic carbocycles. The molecular weight excluding hydrogens is 289 g/mol. The highest BCUT2D eigenvalue weighted by molar-refractivity contribution is 9.10. The minimum atomic E-state index is 0.679. The fraction of sp³-hybridized carbons (Fsp3) is 0.0833. The molecule has 1 heterocycles. The minimum absolute atomic E-state index is 0.679. The highest BCUT2D eigenvalue weighted by atomic mass is 79.9. The second-order valence-electron chi connectivity index (χ2n) is 3.33. The SMILES string of the molecule is Cc1ccc(Cl)cc1N=Cc1ccc(Br)o1. The zero-order valence-electron chi connectivity index (χ0n) is 8.58. The number of nitrogens with zero attached hydrogens (tertiary/aromatic N) is 1. The first-order valence-corrected chi connectivity index (χ1v) is 5.88. The van der Waals surface area contributed by atoms with Gasteiger partial charge in [0.2, 0.25) is 0 Å². The molecule has 16 heavy (non-hydrogen) atoms. The van der Waals surface area contributed by atoms with Crippen molar-refractivity contribution in [3.8, 4) is 0 Å². The summed E-state index contributed by atoms with van der Waals surface area (Å²) in [5, 5.41) is 0.679. The van der Waals surface area contributed by atoms with E-state index in [0.29, 0.717) is 15.5 Å². The van der Waals surface area contributed by atoms with Gasteiger partial charge in [-0.25, -0.2) is 0 Å². The lowest BCUT2D eigenvalue weighted by Crippen LogP contribution is -1.77. The Morgan fingerprint density at radius 3 is 2.81 bits per heavy atom. The Morgan fingerprint density at radius 2 is 2.12 bits per heavy atom. The predicted molar refractivity (Wildman–Crippen MR) is 69.9 cm³/mol. The van der Waals surface area contributed by atoms with Crippen LogP contribution >= 0.6 is 27.5 Å². The lowest BCUT2D eigenvalue weighted by atomic mass is 10.2. The molecule has 2 rings (SSSR count). The topological polar surface area (TPSA) is 25.5 Å². The Balaban J connectivity index is 2.26. The van der Waals surface area contributed by atoms with Gasteiger partial charge in [-0.15, -0.1) is 0 Å². The third-order valence-corrected chi connectivity index (χ3v) is 2.76. The summed E-state index contributed by atoms with van der Waals surface area (Å²) in [6, 6.07) is 9.28. The number of halogens is 2. The third-order valence-electron chi connectivity index (χ3n) is 2.10. The second kappa shape index (κ2) is 4.85. The fourth-order valence-corrected chi connectivity index (χ4v) is 1.74. The number of aliphatic imine (C=N–C) groups is 1. The third kappa shape index (κ3) is 2.74. The van der Waals surface area contributed by atoms with Crippen LogP contribution in [0.5, 0.6) is 0 Å². The molecule has 2 aromatic rings. The standard InChI is InChI=1S/C12H9BrClNO/c1-8-2-3-9(14)6-11(8)15-7-10-4-5-12(13)16-10/h2-7H,1H3. The average molecular weight is 299 g/mol. The zero-order valence-corrected chi connectivity index (χ0v) is 10.9. The van der Waals surface area contributed by atoms with Crippen molar-refractivity contribution in [3.63, 3.8) is 0 Å². The Hall–Kier alpha value is -1.06. The zero-order chi connectivity index (χ0) is 11.5. The van der Waals surface area contributed by atoms with Crippen molar-refractivity contribution in [2.24, 2.45) is 4.99 Å². The molecule has 0 N–H and O–H groups in total. The minimum Gasteiger partial charge on any atom is -0.448 e. The van der Waals surface area contributed by atoms with Crippen LogP contribution in [0, 0.1) is 6.92 Å². The summed E-state index contributed by atoms with van der Waals surface area (Å²) >= 11 is 9.13. The number of benzene rings is 1. The predicted octanol–water partition coefficient (Wildman–Crippen LogP) is 4.75. The number of hydrogen-bond acceptors (Lipinski definition) is 2. The van der Waals surface area contributed by atoms with E-state index in [1.54, 1.807) is 6.21 Å². The van der Waals surface area contributed by atoms with Gasteiger partial charge in [0.1, 0.15) is 5.76 Å². The van der Waals surface area contributed by atoms with Crippen LogP contribution in [-0.2, 0) is 0 Å². The van der Waals surface area contributed by atoms with E-state index in [0.717, 1.165) is 11.3 Å². The molecule has 0 atom stereocenters. The van der Waals surface area contributed by atoms with E-state index in [2.05, 4.69) is 20.9 Å². The van der Waals surface area contributed by atoms with Crippen molar-refractivity contribution >= 4 is 39.4 Å². The van der Waals surface area contributed by atoms with Crippen molar-refractivity contribution in [2.75, 3.05) is 0 Å². The summed E-state index contributed by atoms with van der Waals surface area (Å²) in [6.45, 7) is 1.99. The van der Waals surface area contributed by atoms with Crippen LogP contribution in [0.2, 0.25) is 5.02 Å². The van der Waals surface area contributed by atoms with Crippen LogP contribution in [-0.4, -0.2) is 6.21 Å². The van der Waals surface area contributed by atoms with E-state index in [-0.39, 0.29) is 0 Å². The first kappa shape index (κ1) is 11.4. The van der Waals surface area contributed by atoms with E-state index in [4.69, 9.17) is 16.0 Å². The number of hydrogen-bond donors (Lipinski definition) is 0. The maximum absolute atomic E-state index is 5.90. The van der Waals surface area contributed by atoms with Crippen molar-refractivity contribution in [1.29, 1.82) is 0 Å². The Labute approximate surface area is 107 Å². The quantitative estimate of drug-likeness (QED) is 0.734. The van der Waals surface area contributed by atoms with E-state index >= 15 is 0 Å². The molecule has 0 fully saturated rings. The van der Waals surface area contributed by atoms with Gasteiger partial charge in [-0.05, 0) is 52.7 Å². The number of aryl methyl sites for hydroxylation is 1. The molecule has 0 amide bonds. The van der Waals surface area contributed by atoms with E-state index in [1.165, 1.54) is 0 Å². The van der Waals surface area contributed by atoms with Crippen LogP contribution in [0.4, 0.5) is 5.69 Å². The first-order chi connectivity index (χ1) is 7.65. The van der Waals surface area contributed by atoms with Crippen LogP contribution in [0.1, 0.15) is 11.3 Å². The van der Waals surface area contributed by atoms with Crippen molar-refractivity contribution in [3.05, 3.63) is 51.3 Å². The van der Waals surface area contributed by atoms with E-state index in [1.807, 2.05) is 37.3 Å². The van der Waals surface area contributed by atoms with Gasteiger partial charge in [-0.2, -0.15) is 0 Å². The van der Waals surface area contributed by atoms with Gasteiger partial charge in [0, 0.05) is 5.02 Å². The first-order valence-electron chi connectivity index (χ1n) is 4.71. The summed E-state index contributed by atoms with van der Waals surface area (Å²) in [6.07, 6.45) is 1.67. The van der Waals surface area contributed by atoms with Crippen LogP contribution < -0.4 is 0 Å². The fourth-order valence-electron chi connectivity index (χ4n) is 1.25. The lowest BCUT2D eigenvalue weighted by molar-refractivity contribution is 0.535. The Bertz CT molecular complexity index is 534. The molecule has 0 spiro atoms. The van der Waals surface area contributed by atoms with Gasteiger partial charge in [0.15, 0.2) is 4.67 Å². The van der Waals surface area contributed by atoms with Crippen LogP contribution in [0.25, 0.3) is 0 Å². The molecule has 1 aromatic carbocycles. The molecule has 0 radical (unpaired) electrons. The van der Waals surface area contributed by atoms with Gasteiger partial charge in [0.05, 0.1) is 11.9 Å². The van der Waals surface area contributed by atoms with Gasteiger partial charge in [0.25, 0.3) is 0 Å². The molecule has 0 unspecified atom stereocenters. The molecule has 0 aliphatic heterocycles. The largest absolute Gasteiger partial charge is 0.448 e. The van der Waals surface area contributed by atoms with Gasteiger partial charge < -0.3 is 4.42 Å². The van der Waals surface area contributed by atoms with Gasteiger partial charge in [-0.1, -0.05) is 17.7 Å². The van der Waals surface area contributed by atoms with Crippen LogP contribution in [0.3, 0.4) is 0 Å². The normalized spacial score (nSPS) is 11.2. The molecule has 4 heteroatoms. The summed E-state index contributed by atoms with van der Waals surface area (Å²) in [5.74, 6) is 0.700. The van der Waals surface area contributed by atoms with E-state index in [9.17, 15) is 0 Å². The van der Waals surface area contributed by atoms with Crippen LogP contribution in [0.15, 0.2) is 44.4 Å². The maximum Gasteiger partial charge on any atom is 0.169 e. The summed E-state index contributed by atoms with van der Waals surface area (Å²) in [5.41, 5.74) is 1.92. The van der Waals surface area contributed by atoms with Crippen molar-refractivity contribution < 1.29 is 4.42 Å². The molecule has 1 aromatic heterocycles. The number of rotatable bonds is 2. The Kier molecular flexibility index (Phi) is 3.46. The summed E-state index contributed by atoms with van der Waals surface area (Å²) in [4.78, 5) is 4.33. The molecule has 0 saturated heterocycles. The summed E-state index contributed by atoms with van der Waals surface area (Å²) < 4.78 is 6.00. The van der Waals surface area contributed by atoms with Crippen molar-refractivity contribution in [2.45, 2.75) is 6.92 Å². The molecule has 82 valence electrons. The highest BCUT2D eigenvalue weighted by Gasteiger charge is 1.98. The lowest BCUT2D eigenvalue weighted by Gasteiger charge is -1.99. The van der Waals surface area contributed by atoms with Crippen molar-refractivity contribution in [1.82, 2.24) is 0 Å². The van der Waals surface area contributed by atoms with Gasteiger partial charge >= 0.3 is 0 Å². The monoisotopic (exact) mass is 297 g/mol.